The molecule has 1 saturated heterocycles. The third kappa shape index (κ3) is 3.31. The van der Waals surface area contributed by atoms with Crippen molar-refractivity contribution in [2.45, 2.75) is 12.8 Å². The number of benzene rings is 1. The van der Waals surface area contributed by atoms with Gasteiger partial charge in [-0.3, -0.25) is 9.59 Å². The zero-order valence-corrected chi connectivity index (χ0v) is 12.6. The Kier molecular flexibility index (Phi) is 4.65. The number of hydrogen-bond acceptors (Lipinski definition) is 2. The Morgan fingerprint density at radius 1 is 1.25 bits per heavy atom. The molecule has 0 bridgehead atoms. The summed E-state index contributed by atoms with van der Waals surface area (Å²) < 4.78 is 0. The quantitative estimate of drug-likeness (QED) is 0.839. The van der Waals surface area contributed by atoms with E-state index in [1.165, 1.54) is 0 Å². The predicted molar refractivity (Wildman–Crippen MR) is 78.8 cm³/mol. The molecule has 0 spiro atoms. The summed E-state index contributed by atoms with van der Waals surface area (Å²) in [5.41, 5.74) is 0.606. The minimum atomic E-state index is -0.0109. The number of likely N-dealkylation sites (tertiary alicyclic amines) is 1. The molecule has 0 radical (unpaired) electrons. The summed E-state index contributed by atoms with van der Waals surface area (Å²) in [6, 6.07) is 6.98. The van der Waals surface area contributed by atoms with Gasteiger partial charge in [-0.1, -0.05) is 17.7 Å². The third-order valence-corrected chi connectivity index (χ3v) is 3.88. The molecule has 2 rings (SSSR count). The van der Waals surface area contributed by atoms with Crippen molar-refractivity contribution in [3.8, 4) is 0 Å². The van der Waals surface area contributed by atoms with E-state index in [1.807, 2.05) is 0 Å². The van der Waals surface area contributed by atoms with Gasteiger partial charge < -0.3 is 9.80 Å². The first kappa shape index (κ1) is 14.9. The van der Waals surface area contributed by atoms with Crippen LogP contribution in [0.1, 0.15) is 23.2 Å². The Balaban J connectivity index is 1.97. The molecule has 0 aromatic heterocycles. The van der Waals surface area contributed by atoms with Crippen molar-refractivity contribution < 1.29 is 9.59 Å². The van der Waals surface area contributed by atoms with Gasteiger partial charge in [0.2, 0.25) is 5.91 Å². The summed E-state index contributed by atoms with van der Waals surface area (Å²) in [4.78, 5) is 27.6. The van der Waals surface area contributed by atoms with Crippen LogP contribution in [0.3, 0.4) is 0 Å². The highest BCUT2D eigenvalue weighted by Gasteiger charge is 2.28. The third-order valence-electron chi connectivity index (χ3n) is 3.64. The molecule has 0 saturated carbocycles. The van der Waals surface area contributed by atoms with E-state index in [1.54, 1.807) is 48.2 Å². The first-order valence-corrected chi connectivity index (χ1v) is 7.13. The molecule has 1 aliphatic heterocycles. The SMILES string of the molecule is CN(C)C(=O)C1CCN(C(=O)c2cccc(Cl)c2)CC1. The Labute approximate surface area is 124 Å². The van der Waals surface area contributed by atoms with Crippen LogP contribution >= 0.6 is 11.6 Å². The Bertz CT molecular complexity index is 508. The highest BCUT2D eigenvalue weighted by molar-refractivity contribution is 6.30. The zero-order chi connectivity index (χ0) is 14.7. The van der Waals surface area contributed by atoms with Crippen LogP contribution in [-0.2, 0) is 4.79 Å². The van der Waals surface area contributed by atoms with Crippen molar-refractivity contribution in [1.29, 1.82) is 0 Å². The van der Waals surface area contributed by atoms with Crippen molar-refractivity contribution in [3.05, 3.63) is 34.9 Å². The molecule has 20 heavy (non-hydrogen) atoms. The van der Waals surface area contributed by atoms with Crippen LogP contribution in [0.4, 0.5) is 0 Å². The molecule has 0 atom stereocenters. The van der Waals surface area contributed by atoms with Gasteiger partial charge in [0.1, 0.15) is 0 Å². The van der Waals surface area contributed by atoms with E-state index >= 15 is 0 Å². The predicted octanol–water partition coefficient (Wildman–Crippen LogP) is 2.28. The minimum Gasteiger partial charge on any atom is -0.349 e. The standard InChI is InChI=1S/C15H19ClN2O2/c1-17(2)14(19)11-6-8-18(9-7-11)15(20)12-4-3-5-13(16)10-12/h3-5,10-11H,6-9H2,1-2H3. The number of halogens is 1. The summed E-state index contributed by atoms with van der Waals surface area (Å²) in [5.74, 6) is 0.177. The summed E-state index contributed by atoms with van der Waals surface area (Å²) in [6.45, 7) is 1.24. The summed E-state index contributed by atoms with van der Waals surface area (Å²) >= 11 is 5.91. The second kappa shape index (κ2) is 6.27. The number of amides is 2. The van der Waals surface area contributed by atoms with E-state index in [9.17, 15) is 9.59 Å². The van der Waals surface area contributed by atoms with Gasteiger partial charge in [0.15, 0.2) is 0 Å². The van der Waals surface area contributed by atoms with Gasteiger partial charge in [-0.05, 0) is 31.0 Å². The van der Waals surface area contributed by atoms with Crippen LogP contribution in [0.25, 0.3) is 0 Å². The number of carbonyl (C=O) groups is 2. The van der Waals surface area contributed by atoms with Gasteiger partial charge in [0, 0.05) is 43.7 Å². The molecule has 1 aromatic rings. The Hall–Kier alpha value is -1.55. The van der Waals surface area contributed by atoms with Crippen molar-refractivity contribution in [1.82, 2.24) is 9.80 Å². The second-order valence-electron chi connectivity index (χ2n) is 5.31. The number of hydrogen-bond donors (Lipinski definition) is 0. The van der Waals surface area contributed by atoms with E-state index in [4.69, 9.17) is 11.6 Å². The summed E-state index contributed by atoms with van der Waals surface area (Å²) in [5, 5.41) is 0.563. The second-order valence-corrected chi connectivity index (χ2v) is 5.75. The fourth-order valence-electron chi connectivity index (χ4n) is 2.50. The van der Waals surface area contributed by atoms with Gasteiger partial charge >= 0.3 is 0 Å². The number of piperidine rings is 1. The van der Waals surface area contributed by atoms with E-state index in [0.29, 0.717) is 23.7 Å². The Morgan fingerprint density at radius 2 is 1.90 bits per heavy atom. The lowest BCUT2D eigenvalue weighted by Gasteiger charge is -2.32. The van der Waals surface area contributed by atoms with E-state index in [-0.39, 0.29) is 17.7 Å². The molecule has 0 unspecified atom stereocenters. The van der Waals surface area contributed by atoms with Crippen LogP contribution in [0.2, 0.25) is 5.02 Å². The first-order valence-electron chi connectivity index (χ1n) is 6.75. The average molecular weight is 295 g/mol. The van der Waals surface area contributed by atoms with Gasteiger partial charge in [-0.15, -0.1) is 0 Å². The van der Waals surface area contributed by atoms with E-state index in [0.717, 1.165) is 12.8 Å². The molecule has 1 aromatic carbocycles. The number of rotatable bonds is 2. The Morgan fingerprint density at radius 3 is 2.45 bits per heavy atom. The molecule has 2 amide bonds. The van der Waals surface area contributed by atoms with Gasteiger partial charge in [0.05, 0.1) is 0 Å². The van der Waals surface area contributed by atoms with Gasteiger partial charge in [0.25, 0.3) is 5.91 Å². The maximum absolute atomic E-state index is 12.3. The summed E-state index contributed by atoms with van der Waals surface area (Å²) in [6.07, 6.45) is 1.45. The lowest BCUT2D eigenvalue weighted by Crippen LogP contribution is -2.42. The zero-order valence-electron chi connectivity index (χ0n) is 11.8. The summed E-state index contributed by atoms with van der Waals surface area (Å²) in [7, 11) is 3.54. The molecular formula is C15H19ClN2O2. The van der Waals surface area contributed by atoms with Crippen molar-refractivity contribution >= 4 is 23.4 Å². The van der Waals surface area contributed by atoms with Crippen LogP contribution in [0, 0.1) is 5.92 Å². The lowest BCUT2D eigenvalue weighted by molar-refractivity contribution is -0.134. The van der Waals surface area contributed by atoms with Crippen molar-refractivity contribution in [2.75, 3.05) is 27.2 Å². The first-order chi connectivity index (χ1) is 9.49. The molecule has 0 aliphatic carbocycles. The highest BCUT2D eigenvalue weighted by Crippen LogP contribution is 2.21. The van der Waals surface area contributed by atoms with Crippen LogP contribution in [-0.4, -0.2) is 48.8 Å². The van der Waals surface area contributed by atoms with Gasteiger partial charge in [-0.2, -0.15) is 0 Å². The smallest absolute Gasteiger partial charge is 0.253 e. The van der Waals surface area contributed by atoms with Crippen molar-refractivity contribution in [3.63, 3.8) is 0 Å². The average Bonchev–Trinajstić information content (AvgIpc) is 2.46. The fraction of sp³-hybridized carbons (Fsp3) is 0.467. The fourth-order valence-corrected chi connectivity index (χ4v) is 2.69. The molecule has 108 valence electrons. The lowest BCUT2D eigenvalue weighted by atomic mass is 9.95. The largest absolute Gasteiger partial charge is 0.349 e. The molecule has 4 nitrogen and oxygen atoms in total. The number of nitrogens with zero attached hydrogens (tertiary/aromatic N) is 2. The maximum Gasteiger partial charge on any atom is 0.253 e. The monoisotopic (exact) mass is 294 g/mol. The molecule has 1 aliphatic rings. The van der Waals surface area contributed by atoms with E-state index < -0.39 is 0 Å². The van der Waals surface area contributed by atoms with E-state index in [2.05, 4.69) is 0 Å². The van der Waals surface area contributed by atoms with Gasteiger partial charge in [-0.25, -0.2) is 0 Å². The highest BCUT2D eigenvalue weighted by atomic mass is 35.5. The molecule has 5 heteroatoms. The normalized spacial score (nSPS) is 16.1. The topological polar surface area (TPSA) is 40.6 Å². The molecule has 0 N–H and O–H groups in total. The van der Waals surface area contributed by atoms with Crippen LogP contribution < -0.4 is 0 Å². The number of carbonyl (C=O) groups excluding carboxylic acids is 2. The molecular weight excluding hydrogens is 276 g/mol. The van der Waals surface area contributed by atoms with Crippen molar-refractivity contribution in [2.24, 2.45) is 5.92 Å². The van der Waals surface area contributed by atoms with Crippen LogP contribution in [0.15, 0.2) is 24.3 Å². The maximum atomic E-state index is 12.3. The van der Waals surface area contributed by atoms with Crippen LogP contribution in [0.5, 0.6) is 0 Å². The molecule has 1 heterocycles. The minimum absolute atomic E-state index is 0.0109. The molecule has 1 fully saturated rings.